The number of hydrazone groups is 1. The highest BCUT2D eigenvalue weighted by Gasteiger charge is 2.37. The van der Waals surface area contributed by atoms with E-state index >= 15 is 0 Å². The molecule has 1 N–H and O–H groups in total. The summed E-state index contributed by atoms with van der Waals surface area (Å²) in [6, 6.07) is 8.31. The summed E-state index contributed by atoms with van der Waals surface area (Å²) in [7, 11) is 0. The molecule has 30 heavy (non-hydrogen) atoms. The van der Waals surface area contributed by atoms with Crippen molar-refractivity contribution in [2.24, 2.45) is 5.10 Å². The summed E-state index contributed by atoms with van der Waals surface area (Å²) in [6.45, 7) is 5.57. The fraction of sp³-hybridized carbons (Fsp3) is 0.350. The van der Waals surface area contributed by atoms with Crippen LogP contribution in [-0.2, 0) is 19.1 Å². The lowest BCUT2D eigenvalue weighted by Gasteiger charge is -2.22. The van der Waals surface area contributed by atoms with Crippen LogP contribution in [0.3, 0.4) is 0 Å². The standard InChI is InChI=1S/C20H22N4O5S/c1-4-28-18(26)14-11-15(24(23-14)13-9-7-6-8-10-13)17(25)22-20-21-12(3)16(30-20)19(27)29-5-2/h6-10,15H,4-5,11H2,1-3H3,(H,21,22,25). The predicted octanol–water partition coefficient (Wildman–Crippen LogP) is 2.76. The van der Waals surface area contributed by atoms with Crippen LogP contribution < -0.4 is 10.3 Å². The summed E-state index contributed by atoms with van der Waals surface area (Å²) in [6.07, 6.45) is 0.0919. The van der Waals surface area contributed by atoms with Crippen LogP contribution in [0.4, 0.5) is 10.8 Å². The van der Waals surface area contributed by atoms with Gasteiger partial charge in [-0.05, 0) is 32.9 Å². The summed E-state index contributed by atoms with van der Waals surface area (Å²) in [4.78, 5) is 41.7. The first-order valence-corrected chi connectivity index (χ1v) is 10.3. The summed E-state index contributed by atoms with van der Waals surface area (Å²) in [5, 5.41) is 8.82. The molecule has 2 aromatic rings. The Morgan fingerprint density at radius 2 is 1.80 bits per heavy atom. The third kappa shape index (κ3) is 4.65. The molecule has 0 saturated carbocycles. The summed E-state index contributed by atoms with van der Waals surface area (Å²) in [5.41, 5.74) is 1.31. The first-order chi connectivity index (χ1) is 14.4. The van der Waals surface area contributed by atoms with Crippen LogP contribution in [0.5, 0.6) is 0 Å². The number of thiazole rings is 1. The molecule has 1 atom stereocenters. The Hall–Kier alpha value is -3.27. The molecule has 9 nitrogen and oxygen atoms in total. The fourth-order valence-corrected chi connectivity index (χ4v) is 3.76. The van der Waals surface area contributed by atoms with E-state index in [0.29, 0.717) is 16.3 Å². The minimum absolute atomic E-state index is 0.0919. The highest BCUT2D eigenvalue weighted by Crippen LogP contribution is 2.28. The zero-order valence-electron chi connectivity index (χ0n) is 16.9. The van der Waals surface area contributed by atoms with Crippen LogP contribution in [0, 0.1) is 6.92 Å². The zero-order valence-corrected chi connectivity index (χ0v) is 17.7. The maximum absolute atomic E-state index is 13.0. The lowest BCUT2D eigenvalue weighted by molar-refractivity contribution is -0.135. The number of nitrogens with one attached hydrogen (secondary N) is 1. The van der Waals surface area contributed by atoms with E-state index in [1.807, 2.05) is 18.2 Å². The number of ether oxygens (including phenoxy) is 2. The van der Waals surface area contributed by atoms with Crippen molar-refractivity contribution in [3.63, 3.8) is 0 Å². The quantitative estimate of drug-likeness (QED) is 0.673. The van der Waals surface area contributed by atoms with E-state index in [4.69, 9.17) is 9.47 Å². The average Bonchev–Trinajstić information content (AvgIpc) is 3.33. The van der Waals surface area contributed by atoms with Gasteiger partial charge in [-0.3, -0.25) is 9.80 Å². The Balaban J connectivity index is 1.81. The number of aryl methyl sites for hydroxylation is 1. The molecule has 1 aromatic heterocycles. The number of para-hydroxylation sites is 1. The molecule has 158 valence electrons. The number of aromatic nitrogens is 1. The van der Waals surface area contributed by atoms with Crippen LogP contribution in [0.15, 0.2) is 35.4 Å². The van der Waals surface area contributed by atoms with Gasteiger partial charge in [0.05, 0.1) is 24.6 Å². The van der Waals surface area contributed by atoms with Gasteiger partial charge in [0.15, 0.2) is 5.13 Å². The summed E-state index contributed by atoms with van der Waals surface area (Å²) < 4.78 is 10.0. The molecule has 2 heterocycles. The van der Waals surface area contributed by atoms with Gasteiger partial charge >= 0.3 is 11.9 Å². The van der Waals surface area contributed by atoms with E-state index in [1.165, 1.54) is 5.01 Å². The van der Waals surface area contributed by atoms with Gasteiger partial charge in [0.25, 0.3) is 5.91 Å². The van der Waals surface area contributed by atoms with Crippen molar-refractivity contribution >= 4 is 45.7 Å². The number of nitrogens with zero attached hydrogens (tertiary/aromatic N) is 3. The molecule has 0 bridgehead atoms. The van der Waals surface area contributed by atoms with Gasteiger partial charge < -0.3 is 14.8 Å². The number of esters is 2. The molecule has 1 aliphatic heterocycles. The topological polar surface area (TPSA) is 110 Å². The van der Waals surface area contributed by atoms with Crippen molar-refractivity contribution < 1.29 is 23.9 Å². The molecule has 10 heteroatoms. The molecule has 0 aliphatic carbocycles. The van der Waals surface area contributed by atoms with Crippen LogP contribution in [0.1, 0.15) is 35.6 Å². The number of benzene rings is 1. The van der Waals surface area contributed by atoms with Crippen molar-refractivity contribution in [1.29, 1.82) is 0 Å². The van der Waals surface area contributed by atoms with E-state index in [9.17, 15) is 14.4 Å². The average molecular weight is 430 g/mol. The van der Waals surface area contributed by atoms with Gasteiger partial charge in [0, 0.05) is 6.42 Å². The van der Waals surface area contributed by atoms with Crippen LogP contribution in [0.25, 0.3) is 0 Å². The van der Waals surface area contributed by atoms with Crippen molar-refractivity contribution in [1.82, 2.24) is 4.98 Å². The highest BCUT2D eigenvalue weighted by molar-refractivity contribution is 7.17. The Labute approximate surface area is 177 Å². The van der Waals surface area contributed by atoms with Crippen LogP contribution in [-0.4, -0.2) is 47.8 Å². The number of amides is 1. The van der Waals surface area contributed by atoms with Gasteiger partial charge in [0.1, 0.15) is 16.6 Å². The number of hydrogen-bond donors (Lipinski definition) is 1. The first kappa shape index (κ1) is 21.4. The minimum Gasteiger partial charge on any atom is -0.462 e. The second-order valence-electron chi connectivity index (χ2n) is 6.31. The lowest BCUT2D eigenvalue weighted by atomic mass is 10.1. The van der Waals surface area contributed by atoms with E-state index in [-0.39, 0.29) is 30.5 Å². The third-order valence-corrected chi connectivity index (χ3v) is 5.29. The van der Waals surface area contributed by atoms with Crippen LogP contribution in [0.2, 0.25) is 0 Å². The smallest absolute Gasteiger partial charge is 0.354 e. The molecule has 0 radical (unpaired) electrons. The number of carbonyl (C=O) groups is 3. The minimum atomic E-state index is -0.762. The number of anilines is 2. The number of carbonyl (C=O) groups excluding carboxylic acids is 3. The second-order valence-corrected chi connectivity index (χ2v) is 7.31. The first-order valence-electron chi connectivity index (χ1n) is 9.48. The third-order valence-electron chi connectivity index (χ3n) is 4.23. The molecule has 0 spiro atoms. The lowest BCUT2D eigenvalue weighted by Crippen LogP contribution is -2.38. The maximum atomic E-state index is 13.0. The molecule has 1 unspecified atom stereocenters. The fourth-order valence-electron chi connectivity index (χ4n) is 2.90. The van der Waals surface area contributed by atoms with Crippen molar-refractivity contribution in [3.05, 3.63) is 40.9 Å². The van der Waals surface area contributed by atoms with Crippen LogP contribution >= 0.6 is 11.3 Å². The molecule has 3 rings (SSSR count). The number of hydrogen-bond acceptors (Lipinski definition) is 9. The van der Waals surface area contributed by atoms with Gasteiger partial charge in [0.2, 0.25) is 0 Å². The summed E-state index contributed by atoms with van der Waals surface area (Å²) in [5.74, 6) is -1.43. The Morgan fingerprint density at radius 3 is 2.47 bits per heavy atom. The molecule has 0 fully saturated rings. The molecule has 0 saturated heterocycles. The Bertz CT molecular complexity index is 973. The summed E-state index contributed by atoms with van der Waals surface area (Å²) >= 11 is 1.04. The monoisotopic (exact) mass is 430 g/mol. The largest absolute Gasteiger partial charge is 0.462 e. The maximum Gasteiger partial charge on any atom is 0.354 e. The number of rotatable bonds is 7. The predicted molar refractivity (Wildman–Crippen MR) is 113 cm³/mol. The van der Waals surface area contributed by atoms with Gasteiger partial charge in [-0.2, -0.15) is 5.10 Å². The van der Waals surface area contributed by atoms with Crippen molar-refractivity contribution in [2.75, 3.05) is 23.5 Å². The van der Waals surface area contributed by atoms with Gasteiger partial charge in [-0.15, -0.1) is 0 Å². The molecule has 1 aliphatic rings. The Kier molecular flexibility index (Phi) is 6.78. The van der Waals surface area contributed by atoms with E-state index in [2.05, 4.69) is 15.4 Å². The van der Waals surface area contributed by atoms with Crippen molar-refractivity contribution in [2.45, 2.75) is 33.2 Å². The second kappa shape index (κ2) is 9.49. The van der Waals surface area contributed by atoms with Gasteiger partial charge in [-0.25, -0.2) is 14.6 Å². The molecular weight excluding hydrogens is 408 g/mol. The van der Waals surface area contributed by atoms with E-state index < -0.39 is 23.9 Å². The normalized spacial score (nSPS) is 15.5. The van der Waals surface area contributed by atoms with E-state index in [0.717, 1.165) is 11.3 Å². The van der Waals surface area contributed by atoms with E-state index in [1.54, 1.807) is 32.9 Å². The molecule has 1 amide bonds. The molecule has 1 aromatic carbocycles. The zero-order chi connectivity index (χ0) is 21.7. The Morgan fingerprint density at radius 1 is 1.13 bits per heavy atom. The molecular formula is C20H22N4O5S. The van der Waals surface area contributed by atoms with Crippen molar-refractivity contribution in [3.8, 4) is 0 Å². The SMILES string of the molecule is CCOC(=O)C1=NN(c2ccccc2)C(C(=O)Nc2nc(C)c(C(=O)OCC)s2)C1. The highest BCUT2D eigenvalue weighted by atomic mass is 32.1. The van der Waals surface area contributed by atoms with Gasteiger partial charge in [-0.1, -0.05) is 29.5 Å².